The second kappa shape index (κ2) is 8.50. The normalized spacial score (nSPS) is 10.7. The molecule has 4 aromatic rings. The minimum absolute atomic E-state index is 0.0998. The van der Waals surface area contributed by atoms with Gasteiger partial charge >= 0.3 is 0 Å². The smallest absolute Gasteiger partial charge is 0.251 e. The lowest BCUT2D eigenvalue weighted by molar-refractivity contribution is 0.0945. The number of aromatic nitrogens is 3. The number of aliphatic hydroxyl groups is 1. The van der Waals surface area contributed by atoms with Crippen molar-refractivity contribution in [3.8, 4) is 33.9 Å². The van der Waals surface area contributed by atoms with Crippen molar-refractivity contribution in [3.63, 3.8) is 0 Å². The topological polar surface area (TPSA) is 90.9 Å². The van der Waals surface area contributed by atoms with E-state index in [-0.39, 0.29) is 19.1 Å². The van der Waals surface area contributed by atoms with E-state index in [1.807, 2.05) is 60.7 Å². The maximum atomic E-state index is 12.3. The number of nitrogens with one attached hydrogen (secondary N) is 2. The molecule has 0 saturated carbocycles. The third-order valence-electron chi connectivity index (χ3n) is 4.52. The largest absolute Gasteiger partial charge is 0.395 e. The summed E-state index contributed by atoms with van der Waals surface area (Å²) in [6.07, 6.45) is 3.47. The number of hydrogen-bond acceptors (Lipinski definition) is 4. The van der Waals surface area contributed by atoms with Gasteiger partial charge in [0, 0.05) is 41.2 Å². The molecule has 0 unspecified atom stereocenters. The van der Waals surface area contributed by atoms with E-state index in [0.717, 1.165) is 33.9 Å². The van der Waals surface area contributed by atoms with Crippen LogP contribution in [0.15, 0.2) is 79.1 Å². The van der Waals surface area contributed by atoms with E-state index in [2.05, 4.69) is 15.3 Å². The van der Waals surface area contributed by atoms with Crippen molar-refractivity contribution >= 4 is 5.91 Å². The molecule has 4 rings (SSSR count). The standard InChI is InChI=1S/C23H20N4O2/c28-14-13-25-23(29)19-8-4-7-18(15-19)21-20(16-9-11-24-12-10-16)26-22(27-21)17-5-2-1-3-6-17/h1-12,15,28H,13-14H2,(H,25,29)(H,26,27). The number of aliphatic hydroxyl groups excluding tert-OH is 1. The van der Waals surface area contributed by atoms with Crippen LogP contribution in [0.3, 0.4) is 0 Å². The molecule has 2 aromatic carbocycles. The monoisotopic (exact) mass is 384 g/mol. The highest BCUT2D eigenvalue weighted by Gasteiger charge is 2.16. The summed E-state index contributed by atoms with van der Waals surface area (Å²) >= 11 is 0. The number of benzene rings is 2. The van der Waals surface area contributed by atoms with Gasteiger partial charge in [-0.3, -0.25) is 9.78 Å². The summed E-state index contributed by atoms with van der Waals surface area (Å²) in [6.45, 7) is 0.114. The number of amides is 1. The van der Waals surface area contributed by atoms with Gasteiger partial charge in [0.05, 0.1) is 18.0 Å². The molecule has 0 fully saturated rings. The van der Waals surface area contributed by atoms with E-state index in [0.29, 0.717) is 5.56 Å². The number of imidazole rings is 1. The average Bonchev–Trinajstić information content (AvgIpc) is 3.24. The fourth-order valence-corrected chi connectivity index (χ4v) is 3.12. The van der Waals surface area contributed by atoms with E-state index >= 15 is 0 Å². The minimum Gasteiger partial charge on any atom is -0.395 e. The van der Waals surface area contributed by atoms with Gasteiger partial charge in [-0.25, -0.2) is 4.98 Å². The number of carbonyl (C=O) groups excluding carboxylic acids is 1. The van der Waals surface area contributed by atoms with Crippen LogP contribution in [0, 0.1) is 0 Å². The number of pyridine rings is 1. The summed E-state index contributed by atoms with van der Waals surface area (Å²) in [7, 11) is 0. The van der Waals surface area contributed by atoms with Crippen LogP contribution in [0.4, 0.5) is 0 Å². The molecule has 3 N–H and O–H groups in total. The minimum atomic E-state index is -0.231. The molecule has 1 amide bonds. The molecule has 0 bridgehead atoms. The Hall–Kier alpha value is -3.77. The lowest BCUT2D eigenvalue weighted by Crippen LogP contribution is -2.26. The lowest BCUT2D eigenvalue weighted by atomic mass is 10.0. The number of carbonyl (C=O) groups is 1. The molecule has 144 valence electrons. The number of H-pyrrole nitrogens is 1. The van der Waals surface area contributed by atoms with Crippen LogP contribution >= 0.6 is 0 Å². The summed E-state index contributed by atoms with van der Waals surface area (Å²) in [5, 5.41) is 11.6. The van der Waals surface area contributed by atoms with Crippen molar-refractivity contribution in [1.29, 1.82) is 0 Å². The summed E-state index contributed by atoms with van der Waals surface area (Å²) in [5.41, 5.74) is 4.89. The van der Waals surface area contributed by atoms with Gasteiger partial charge in [0.15, 0.2) is 0 Å². The van der Waals surface area contributed by atoms with Gasteiger partial charge in [-0.05, 0) is 24.3 Å². The predicted molar refractivity (Wildman–Crippen MR) is 112 cm³/mol. The lowest BCUT2D eigenvalue weighted by Gasteiger charge is -2.06. The Morgan fingerprint density at radius 1 is 0.931 bits per heavy atom. The molecule has 0 radical (unpaired) electrons. The third-order valence-corrected chi connectivity index (χ3v) is 4.52. The molecule has 2 heterocycles. The molecule has 0 saturated heterocycles. The first-order valence-corrected chi connectivity index (χ1v) is 9.31. The fraction of sp³-hybridized carbons (Fsp3) is 0.0870. The Morgan fingerprint density at radius 3 is 2.45 bits per heavy atom. The molecule has 29 heavy (non-hydrogen) atoms. The van der Waals surface area contributed by atoms with E-state index in [1.54, 1.807) is 18.5 Å². The van der Waals surface area contributed by atoms with Gasteiger partial charge < -0.3 is 15.4 Å². The summed E-state index contributed by atoms with van der Waals surface area (Å²) < 4.78 is 0. The van der Waals surface area contributed by atoms with Crippen molar-refractivity contribution in [2.75, 3.05) is 13.2 Å². The molecular weight excluding hydrogens is 364 g/mol. The highest BCUT2D eigenvalue weighted by atomic mass is 16.3. The molecule has 6 heteroatoms. The average molecular weight is 384 g/mol. The Morgan fingerprint density at radius 2 is 1.69 bits per heavy atom. The van der Waals surface area contributed by atoms with Crippen LogP contribution in [0.5, 0.6) is 0 Å². The first kappa shape index (κ1) is 18.6. The SMILES string of the molecule is O=C(NCCO)c1cccc(-c2nc(-c3ccccc3)[nH]c2-c2ccncc2)c1. The summed E-state index contributed by atoms with van der Waals surface area (Å²) in [6, 6.07) is 21.0. The molecule has 0 spiro atoms. The van der Waals surface area contributed by atoms with Gasteiger partial charge in [0.25, 0.3) is 5.91 Å². The van der Waals surface area contributed by atoms with Crippen LogP contribution in [0.1, 0.15) is 10.4 Å². The first-order chi connectivity index (χ1) is 14.3. The van der Waals surface area contributed by atoms with E-state index in [1.165, 1.54) is 0 Å². The predicted octanol–water partition coefficient (Wildman–Crippen LogP) is 3.53. The van der Waals surface area contributed by atoms with Crippen molar-refractivity contribution < 1.29 is 9.90 Å². The quantitative estimate of drug-likeness (QED) is 0.474. The van der Waals surface area contributed by atoms with Crippen molar-refractivity contribution in [1.82, 2.24) is 20.3 Å². The summed E-state index contributed by atoms with van der Waals surface area (Å²) in [4.78, 5) is 24.7. The maximum Gasteiger partial charge on any atom is 0.251 e. The van der Waals surface area contributed by atoms with Crippen LogP contribution < -0.4 is 5.32 Å². The van der Waals surface area contributed by atoms with Crippen LogP contribution in [0.2, 0.25) is 0 Å². The Kier molecular flexibility index (Phi) is 5.45. The van der Waals surface area contributed by atoms with Crippen molar-refractivity contribution in [3.05, 3.63) is 84.7 Å². The first-order valence-electron chi connectivity index (χ1n) is 9.31. The molecule has 0 atom stereocenters. The van der Waals surface area contributed by atoms with E-state index in [4.69, 9.17) is 10.1 Å². The Balaban J connectivity index is 1.81. The zero-order valence-electron chi connectivity index (χ0n) is 15.7. The fourth-order valence-electron chi connectivity index (χ4n) is 3.12. The second-order valence-electron chi connectivity index (χ2n) is 6.47. The van der Waals surface area contributed by atoms with E-state index in [9.17, 15) is 4.79 Å². The number of nitrogens with zero attached hydrogens (tertiary/aromatic N) is 2. The second-order valence-corrected chi connectivity index (χ2v) is 6.47. The van der Waals surface area contributed by atoms with Gasteiger partial charge in [-0.15, -0.1) is 0 Å². The zero-order chi connectivity index (χ0) is 20.1. The number of rotatable bonds is 6. The molecule has 2 aromatic heterocycles. The molecule has 0 aliphatic heterocycles. The zero-order valence-corrected chi connectivity index (χ0v) is 15.7. The van der Waals surface area contributed by atoms with Crippen molar-refractivity contribution in [2.45, 2.75) is 0 Å². The molecular formula is C23H20N4O2. The number of aromatic amines is 1. The van der Waals surface area contributed by atoms with Gasteiger partial charge in [0.1, 0.15) is 5.82 Å². The molecule has 6 nitrogen and oxygen atoms in total. The van der Waals surface area contributed by atoms with Crippen LogP contribution in [0.25, 0.3) is 33.9 Å². The molecule has 0 aliphatic carbocycles. The van der Waals surface area contributed by atoms with Crippen molar-refractivity contribution in [2.24, 2.45) is 0 Å². The maximum absolute atomic E-state index is 12.3. The molecule has 0 aliphatic rings. The van der Waals surface area contributed by atoms with Crippen LogP contribution in [-0.4, -0.2) is 39.1 Å². The van der Waals surface area contributed by atoms with Gasteiger partial charge in [0.2, 0.25) is 0 Å². The van der Waals surface area contributed by atoms with E-state index < -0.39 is 0 Å². The summed E-state index contributed by atoms with van der Waals surface area (Å²) in [5.74, 6) is 0.521. The highest BCUT2D eigenvalue weighted by Crippen LogP contribution is 2.33. The Bertz CT molecular complexity index is 1110. The highest BCUT2D eigenvalue weighted by molar-refractivity contribution is 5.96. The Labute approximate surface area is 168 Å². The number of hydrogen-bond donors (Lipinski definition) is 3. The van der Waals surface area contributed by atoms with Gasteiger partial charge in [-0.2, -0.15) is 0 Å². The third kappa shape index (κ3) is 4.07. The van der Waals surface area contributed by atoms with Gasteiger partial charge in [-0.1, -0.05) is 42.5 Å². The van der Waals surface area contributed by atoms with Crippen LogP contribution in [-0.2, 0) is 0 Å².